The Hall–Kier alpha value is -1.44. The molecule has 0 radical (unpaired) electrons. The third kappa shape index (κ3) is 1.66. The van der Waals surface area contributed by atoms with Crippen LogP contribution in [0.25, 0.3) is 5.57 Å². The van der Waals surface area contributed by atoms with Crippen molar-refractivity contribution in [2.45, 2.75) is 19.8 Å². The molecule has 0 spiro atoms. The molecule has 2 rings (SSSR count). The van der Waals surface area contributed by atoms with Crippen LogP contribution in [0.5, 0.6) is 0 Å². The summed E-state index contributed by atoms with van der Waals surface area (Å²) in [5, 5.41) is 0. The monoisotopic (exact) mass is 173 g/mol. The first-order valence-electron chi connectivity index (χ1n) is 4.42. The Balaban J connectivity index is 2.31. The minimum absolute atomic E-state index is 0.232. The molecule has 0 bridgehead atoms. The smallest absolute Gasteiger partial charge is 0.156 e. The lowest BCUT2D eigenvalue weighted by Crippen LogP contribution is -1.84. The molecular formula is C11H11NO. The number of aromatic nitrogens is 1. The predicted molar refractivity (Wildman–Crippen MR) is 51.2 cm³/mol. The van der Waals surface area contributed by atoms with E-state index < -0.39 is 0 Å². The fraction of sp³-hybridized carbons (Fsp3) is 0.273. The fourth-order valence-corrected chi connectivity index (χ4v) is 1.48. The van der Waals surface area contributed by atoms with Crippen LogP contribution < -0.4 is 0 Å². The van der Waals surface area contributed by atoms with Crippen molar-refractivity contribution in [3.05, 3.63) is 35.7 Å². The summed E-state index contributed by atoms with van der Waals surface area (Å²) in [6.07, 6.45) is 5.08. The molecule has 0 amide bonds. The molecule has 1 aromatic heterocycles. The van der Waals surface area contributed by atoms with Gasteiger partial charge in [-0.2, -0.15) is 0 Å². The van der Waals surface area contributed by atoms with Gasteiger partial charge in [0.2, 0.25) is 0 Å². The molecule has 0 aliphatic heterocycles. The van der Waals surface area contributed by atoms with Crippen LogP contribution >= 0.6 is 0 Å². The SMILES string of the molecule is Cc1ccc(C2=CC(=O)CC2)cn1. The van der Waals surface area contributed by atoms with E-state index in [2.05, 4.69) is 4.98 Å². The summed E-state index contributed by atoms with van der Waals surface area (Å²) in [6, 6.07) is 3.99. The summed E-state index contributed by atoms with van der Waals surface area (Å²) in [6.45, 7) is 1.96. The van der Waals surface area contributed by atoms with E-state index in [0.717, 1.165) is 23.3 Å². The molecule has 2 heteroatoms. The zero-order valence-electron chi connectivity index (χ0n) is 7.58. The maximum Gasteiger partial charge on any atom is 0.156 e. The highest BCUT2D eigenvalue weighted by Gasteiger charge is 2.13. The number of ketones is 1. The quantitative estimate of drug-likeness (QED) is 0.651. The van der Waals surface area contributed by atoms with Crippen LogP contribution in [-0.2, 0) is 4.79 Å². The fourth-order valence-electron chi connectivity index (χ4n) is 1.48. The number of pyridine rings is 1. The number of rotatable bonds is 1. The lowest BCUT2D eigenvalue weighted by molar-refractivity contribution is -0.114. The van der Waals surface area contributed by atoms with Gasteiger partial charge in [0.15, 0.2) is 5.78 Å². The van der Waals surface area contributed by atoms with Gasteiger partial charge in [-0.1, -0.05) is 6.07 Å². The molecule has 1 aliphatic carbocycles. The Kier molecular flexibility index (Phi) is 1.97. The van der Waals surface area contributed by atoms with Crippen molar-refractivity contribution in [1.82, 2.24) is 4.98 Å². The summed E-state index contributed by atoms with van der Waals surface area (Å²) in [5.74, 6) is 0.232. The minimum atomic E-state index is 0.232. The molecule has 0 fully saturated rings. The van der Waals surface area contributed by atoms with Crippen LogP contribution in [0.15, 0.2) is 24.4 Å². The van der Waals surface area contributed by atoms with E-state index in [1.165, 1.54) is 0 Å². The Labute approximate surface area is 77.3 Å². The van der Waals surface area contributed by atoms with Gasteiger partial charge >= 0.3 is 0 Å². The Bertz CT molecular complexity index is 362. The van der Waals surface area contributed by atoms with E-state index in [0.29, 0.717) is 6.42 Å². The van der Waals surface area contributed by atoms with E-state index in [1.807, 2.05) is 25.3 Å². The average molecular weight is 173 g/mol. The minimum Gasteiger partial charge on any atom is -0.295 e. The lowest BCUT2D eigenvalue weighted by Gasteiger charge is -2.00. The molecule has 1 aliphatic rings. The van der Waals surface area contributed by atoms with Crippen molar-refractivity contribution >= 4 is 11.4 Å². The summed E-state index contributed by atoms with van der Waals surface area (Å²) < 4.78 is 0. The Morgan fingerprint density at radius 3 is 2.69 bits per heavy atom. The van der Waals surface area contributed by atoms with Crippen LogP contribution in [0.1, 0.15) is 24.1 Å². The van der Waals surface area contributed by atoms with Crippen LogP contribution in [0.4, 0.5) is 0 Å². The Morgan fingerprint density at radius 2 is 2.15 bits per heavy atom. The van der Waals surface area contributed by atoms with Gasteiger partial charge in [-0.3, -0.25) is 9.78 Å². The van der Waals surface area contributed by atoms with Crippen molar-refractivity contribution in [2.75, 3.05) is 0 Å². The van der Waals surface area contributed by atoms with Crippen molar-refractivity contribution in [2.24, 2.45) is 0 Å². The second-order valence-corrected chi connectivity index (χ2v) is 3.32. The Morgan fingerprint density at radius 1 is 1.31 bits per heavy atom. The molecule has 2 nitrogen and oxygen atoms in total. The highest BCUT2D eigenvalue weighted by atomic mass is 16.1. The van der Waals surface area contributed by atoms with Gasteiger partial charge in [0.05, 0.1) is 0 Å². The van der Waals surface area contributed by atoms with Crippen molar-refractivity contribution in [1.29, 1.82) is 0 Å². The molecule has 0 saturated heterocycles. The lowest BCUT2D eigenvalue weighted by atomic mass is 10.1. The highest BCUT2D eigenvalue weighted by Crippen LogP contribution is 2.24. The standard InChI is InChI=1S/C11H11NO/c1-8-2-3-10(7-12-8)9-4-5-11(13)6-9/h2-3,6-7H,4-5H2,1H3. The van der Waals surface area contributed by atoms with Gasteiger partial charge < -0.3 is 0 Å². The number of hydrogen-bond acceptors (Lipinski definition) is 2. The highest BCUT2D eigenvalue weighted by molar-refractivity contribution is 6.01. The molecule has 0 N–H and O–H groups in total. The number of carbonyl (C=O) groups is 1. The second kappa shape index (κ2) is 3.13. The molecule has 0 saturated carbocycles. The molecule has 1 aromatic rings. The number of carbonyl (C=O) groups excluding carboxylic acids is 1. The first-order chi connectivity index (χ1) is 6.25. The van der Waals surface area contributed by atoms with Gasteiger partial charge in [0.25, 0.3) is 0 Å². The molecular weight excluding hydrogens is 162 g/mol. The van der Waals surface area contributed by atoms with Crippen LogP contribution in [-0.4, -0.2) is 10.8 Å². The first kappa shape index (κ1) is 8.17. The molecule has 0 unspecified atom stereocenters. The van der Waals surface area contributed by atoms with Gasteiger partial charge in [0, 0.05) is 18.3 Å². The van der Waals surface area contributed by atoms with E-state index in [4.69, 9.17) is 0 Å². The zero-order chi connectivity index (χ0) is 9.26. The third-order valence-electron chi connectivity index (χ3n) is 2.26. The maximum atomic E-state index is 11.0. The molecule has 0 atom stereocenters. The number of aryl methyl sites for hydroxylation is 1. The van der Waals surface area contributed by atoms with Crippen LogP contribution in [0, 0.1) is 6.92 Å². The number of hydrogen-bond donors (Lipinski definition) is 0. The van der Waals surface area contributed by atoms with Gasteiger partial charge in [0.1, 0.15) is 0 Å². The topological polar surface area (TPSA) is 30.0 Å². The van der Waals surface area contributed by atoms with Crippen molar-refractivity contribution in [3.8, 4) is 0 Å². The zero-order valence-corrected chi connectivity index (χ0v) is 7.58. The van der Waals surface area contributed by atoms with Gasteiger partial charge in [-0.05, 0) is 36.6 Å². The molecule has 0 aromatic carbocycles. The van der Waals surface area contributed by atoms with E-state index in [9.17, 15) is 4.79 Å². The van der Waals surface area contributed by atoms with Crippen LogP contribution in [0.2, 0.25) is 0 Å². The molecule has 1 heterocycles. The molecule has 66 valence electrons. The van der Waals surface area contributed by atoms with Gasteiger partial charge in [-0.15, -0.1) is 0 Å². The van der Waals surface area contributed by atoms with Gasteiger partial charge in [-0.25, -0.2) is 0 Å². The predicted octanol–water partition coefficient (Wildman–Crippen LogP) is 2.14. The number of nitrogens with zero attached hydrogens (tertiary/aromatic N) is 1. The number of allylic oxidation sites excluding steroid dienone is 2. The van der Waals surface area contributed by atoms with E-state index in [1.54, 1.807) is 6.08 Å². The summed E-state index contributed by atoms with van der Waals surface area (Å²) in [4.78, 5) is 15.2. The second-order valence-electron chi connectivity index (χ2n) is 3.32. The van der Waals surface area contributed by atoms with E-state index >= 15 is 0 Å². The van der Waals surface area contributed by atoms with E-state index in [-0.39, 0.29) is 5.78 Å². The largest absolute Gasteiger partial charge is 0.295 e. The maximum absolute atomic E-state index is 11.0. The van der Waals surface area contributed by atoms with Crippen molar-refractivity contribution in [3.63, 3.8) is 0 Å². The molecule has 13 heavy (non-hydrogen) atoms. The summed E-state index contributed by atoms with van der Waals surface area (Å²) in [7, 11) is 0. The summed E-state index contributed by atoms with van der Waals surface area (Å²) in [5.41, 5.74) is 3.21. The van der Waals surface area contributed by atoms with Crippen LogP contribution in [0.3, 0.4) is 0 Å². The third-order valence-corrected chi connectivity index (χ3v) is 2.26. The average Bonchev–Trinajstić information content (AvgIpc) is 2.53. The first-order valence-corrected chi connectivity index (χ1v) is 4.42. The van der Waals surface area contributed by atoms with Crippen molar-refractivity contribution < 1.29 is 4.79 Å². The normalized spacial score (nSPS) is 16.1. The summed E-state index contributed by atoms with van der Waals surface area (Å²) >= 11 is 0.